The summed E-state index contributed by atoms with van der Waals surface area (Å²) in [6.45, 7) is 0. The van der Waals surface area contributed by atoms with Crippen LogP contribution in [0.3, 0.4) is 0 Å². The molecule has 1 nitrogen and oxygen atoms in total. The van der Waals surface area contributed by atoms with Crippen LogP contribution in [0.4, 0.5) is 18.9 Å². The van der Waals surface area contributed by atoms with E-state index in [-0.39, 0.29) is 0 Å². The molecule has 2 bridgehead atoms. The van der Waals surface area contributed by atoms with Crippen LogP contribution in [0, 0.1) is 23.7 Å². The Morgan fingerprint density at radius 3 is 2.05 bits per heavy atom. The van der Waals surface area contributed by atoms with E-state index in [1.54, 1.807) is 12.1 Å². The summed E-state index contributed by atoms with van der Waals surface area (Å²) in [5.41, 5.74) is 0.251. The average Bonchev–Trinajstić information content (AvgIpc) is 2.77. The maximum atomic E-state index is 12.5. The molecule has 3 aliphatic carbocycles. The quantitative estimate of drug-likeness (QED) is 0.848. The minimum atomic E-state index is -4.24. The minimum Gasteiger partial charge on any atom is -0.382 e. The molecule has 102 valence electrons. The summed E-state index contributed by atoms with van der Waals surface area (Å²) in [6.07, 6.45) is -0.137. The summed E-state index contributed by atoms with van der Waals surface area (Å²) in [6, 6.07) is 5.95. The molecule has 19 heavy (non-hydrogen) atoms. The molecule has 1 aromatic rings. The molecule has 0 spiro atoms. The summed E-state index contributed by atoms with van der Waals surface area (Å²) in [7, 11) is 0. The van der Waals surface area contributed by atoms with Gasteiger partial charge in [0.05, 0.1) is 5.56 Å². The van der Waals surface area contributed by atoms with Gasteiger partial charge in [-0.15, -0.1) is 0 Å². The summed E-state index contributed by atoms with van der Waals surface area (Å²) < 4.78 is 37.4. The fourth-order valence-corrected chi connectivity index (χ4v) is 4.47. The van der Waals surface area contributed by atoms with Crippen LogP contribution >= 0.6 is 0 Å². The Hall–Kier alpha value is -1.19. The van der Waals surface area contributed by atoms with E-state index in [1.807, 2.05) is 0 Å². The molecular formula is C15H16F3N. The molecular weight excluding hydrogens is 251 g/mol. The molecule has 0 radical (unpaired) electrons. The fraction of sp³-hybridized carbons (Fsp3) is 0.600. The standard InChI is InChI=1S/C15H16F3N/c16-15(17,18)10-3-5-11(6-4-10)19-14-12-8-1-2-9(7-8)13(12)14/h3-6,8-9,12-14,19H,1-2,7H2. The van der Waals surface area contributed by atoms with Gasteiger partial charge >= 0.3 is 6.18 Å². The first-order chi connectivity index (χ1) is 9.04. The van der Waals surface area contributed by atoms with Crippen molar-refractivity contribution in [2.24, 2.45) is 23.7 Å². The summed E-state index contributed by atoms with van der Waals surface area (Å²) >= 11 is 0. The molecule has 1 aromatic carbocycles. The highest BCUT2D eigenvalue weighted by Crippen LogP contribution is 2.66. The van der Waals surface area contributed by atoms with Gasteiger partial charge in [-0.1, -0.05) is 0 Å². The highest BCUT2D eigenvalue weighted by atomic mass is 19.4. The topological polar surface area (TPSA) is 12.0 Å². The molecule has 0 aromatic heterocycles. The summed E-state index contributed by atoms with van der Waals surface area (Å²) in [5.74, 6) is 3.34. The zero-order valence-electron chi connectivity index (χ0n) is 10.5. The third-order valence-corrected chi connectivity index (χ3v) is 5.28. The lowest BCUT2D eigenvalue weighted by atomic mass is 10.0. The second-order valence-corrected chi connectivity index (χ2v) is 6.23. The van der Waals surface area contributed by atoms with Gasteiger partial charge in [-0.2, -0.15) is 13.2 Å². The Labute approximate surface area is 110 Å². The van der Waals surface area contributed by atoms with Crippen molar-refractivity contribution in [3.63, 3.8) is 0 Å². The minimum absolute atomic E-state index is 0.517. The van der Waals surface area contributed by atoms with Crippen molar-refractivity contribution in [3.8, 4) is 0 Å². The van der Waals surface area contributed by atoms with Crippen molar-refractivity contribution in [3.05, 3.63) is 29.8 Å². The molecule has 4 rings (SSSR count). The third kappa shape index (κ3) is 1.76. The normalized spacial score (nSPS) is 39.2. The Morgan fingerprint density at radius 1 is 0.947 bits per heavy atom. The van der Waals surface area contributed by atoms with E-state index in [2.05, 4.69) is 5.32 Å². The number of rotatable bonds is 2. The molecule has 0 saturated heterocycles. The maximum absolute atomic E-state index is 12.5. The van der Waals surface area contributed by atoms with Crippen molar-refractivity contribution in [2.75, 3.05) is 5.32 Å². The zero-order valence-corrected chi connectivity index (χ0v) is 10.5. The predicted molar refractivity (Wildman–Crippen MR) is 66.7 cm³/mol. The molecule has 0 heterocycles. The first-order valence-corrected chi connectivity index (χ1v) is 6.98. The van der Waals surface area contributed by atoms with Gasteiger partial charge in [-0.3, -0.25) is 0 Å². The first kappa shape index (κ1) is 11.6. The fourth-order valence-electron chi connectivity index (χ4n) is 4.47. The van der Waals surface area contributed by atoms with Crippen LogP contribution in [-0.4, -0.2) is 6.04 Å². The van der Waals surface area contributed by atoms with Gasteiger partial charge in [0.1, 0.15) is 0 Å². The van der Waals surface area contributed by atoms with Crippen molar-refractivity contribution < 1.29 is 13.2 Å². The monoisotopic (exact) mass is 267 g/mol. The second-order valence-electron chi connectivity index (χ2n) is 6.23. The van der Waals surface area contributed by atoms with Crippen LogP contribution in [0.25, 0.3) is 0 Å². The number of fused-ring (bicyclic) bond motifs is 5. The maximum Gasteiger partial charge on any atom is 0.416 e. The smallest absolute Gasteiger partial charge is 0.382 e. The van der Waals surface area contributed by atoms with E-state index in [1.165, 1.54) is 19.3 Å². The third-order valence-electron chi connectivity index (χ3n) is 5.28. The van der Waals surface area contributed by atoms with Gasteiger partial charge in [0.25, 0.3) is 0 Å². The number of benzene rings is 1. The SMILES string of the molecule is FC(F)(F)c1ccc(NC2C3C4CCC(C4)C23)cc1. The van der Waals surface area contributed by atoms with Gasteiger partial charge in [0.2, 0.25) is 0 Å². The van der Waals surface area contributed by atoms with E-state index < -0.39 is 11.7 Å². The summed E-state index contributed by atoms with van der Waals surface area (Å²) in [4.78, 5) is 0. The molecule has 0 amide bonds. The van der Waals surface area contributed by atoms with E-state index in [0.29, 0.717) is 6.04 Å². The highest BCUT2D eigenvalue weighted by Gasteiger charge is 2.64. The van der Waals surface area contributed by atoms with E-state index in [9.17, 15) is 13.2 Å². The Balaban J connectivity index is 1.45. The lowest BCUT2D eigenvalue weighted by Gasteiger charge is -2.13. The summed E-state index contributed by atoms with van der Waals surface area (Å²) in [5, 5.41) is 3.43. The van der Waals surface area contributed by atoms with E-state index >= 15 is 0 Å². The van der Waals surface area contributed by atoms with Gasteiger partial charge in [-0.05, 0) is 67.2 Å². The van der Waals surface area contributed by atoms with Crippen LogP contribution in [-0.2, 0) is 6.18 Å². The van der Waals surface area contributed by atoms with Crippen LogP contribution in [0.2, 0.25) is 0 Å². The van der Waals surface area contributed by atoms with Crippen molar-refractivity contribution >= 4 is 5.69 Å². The lowest BCUT2D eigenvalue weighted by Crippen LogP contribution is -2.13. The Bertz CT molecular complexity index is 477. The zero-order chi connectivity index (χ0) is 13.2. The molecule has 1 N–H and O–H groups in total. The molecule has 4 heteroatoms. The van der Waals surface area contributed by atoms with Crippen LogP contribution in [0.15, 0.2) is 24.3 Å². The number of alkyl halides is 3. The number of halogens is 3. The van der Waals surface area contributed by atoms with Crippen molar-refractivity contribution in [1.29, 1.82) is 0 Å². The van der Waals surface area contributed by atoms with Gasteiger partial charge in [0.15, 0.2) is 0 Å². The number of anilines is 1. The first-order valence-electron chi connectivity index (χ1n) is 6.98. The Morgan fingerprint density at radius 2 is 1.53 bits per heavy atom. The molecule has 4 unspecified atom stereocenters. The molecule has 3 saturated carbocycles. The predicted octanol–water partition coefficient (Wildman–Crippen LogP) is 4.16. The molecule has 0 aliphatic heterocycles. The largest absolute Gasteiger partial charge is 0.416 e. The number of hydrogen-bond donors (Lipinski definition) is 1. The Kier molecular flexibility index (Phi) is 2.25. The molecule has 4 atom stereocenters. The van der Waals surface area contributed by atoms with Crippen LogP contribution < -0.4 is 5.32 Å². The highest BCUT2D eigenvalue weighted by molar-refractivity contribution is 5.48. The van der Waals surface area contributed by atoms with Crippen LogP contribution in [0.1, 0.15) is 24.8 Å². The van der Waals surface area contributed by atoms with E-state index in [4.69, 9.17) is 0 Å². The average molecular weight is 267 g/mol. The second kappa shape index (κ2) is 3.68. The van der Waals surface area contributed by atoms with Gasteiger partial charge < -0.3 is 5.32 Å². The van der Waals surface area contributed by atoms with Crippen molar-refractivity contribution in [2.45, 2.75) is 31.5 Å². The van der Waals surface area contributed by atoms with Gasteiger partial charge in [0, 0.05) is 11.7 Å². The van der Waals surface area contributed by atoms with Crippen molar-refractivity contribution in [1.82, 2.24) is 0 Å². The lowest BCUT2D eigenvalue weighted by molar-refractivity contribution is -0.137. The number of nitrogens with one attached hydrogen (secondary N) is 1. The molecule has 3 fully saturated rings. The van der Waals surface area contributed by atoms with E-state index in [0.717, 1.165) is 41.5 Å². The number of hydrogen-bond acceptors (Lipinski definition) is 1. The van der Waals surface area contributed by atoms with Crippen LogP contribution in [0.5, 0.6) is 0 Å². The van der Waals surface area contributed by atoms with Gasteiger partial charge in [-0.25, -0.2) is 0 Å². The molecule has 3 aliphatic rings.